The quantitative estimate of drug-likeness (QED) is 0.388. The molecule has 7 nitrogen and oxygen atoms in total. The lowest BCUT2D eigenvalue weighted by Gasteiger charge is -2.51. The van der Waals surface area contributed by atoms with Crippen LogP contribution in [0.25, 0.3) is 0 Å². The summed E-state index contributed by atoms with van der Waals surface area (Å²) in [4.78, 5) is 15.6. The minimum Gasteiger partial charge on any atom is -0.487 e. The molecule has 2 N–H and O–H groups in total. The Hall–Kier alpha value is -2.55. The zero-order valence-corrected chi connectivity index (χ0v) is 25.5. The highest BCUT2D eigenvalue weighted by Gasteiger charge is 2.47. The molecule has 0 unspecified atom stereocenters. The molecule has 0 aromatic heterocycles. The number of carbonyl (C=O) groups is 1. The van der Waals surface area contributed by atoms with Gasteiger partial charge in [0.05, 0.1) is 17.0 Å². The van der Waals surface area contributed by atoms with Crippen molar-refractivity contribution in [3.8, 4) is 5.75 Å². The van der Waals surface area contributed by atoms with Crippen LogP contribution in [0, 0.1) is 11.3 Å². The molecule has 2 aliphatic heterocycles. The molecule has 0 spiro atoms. The normalized spacial score (nSPS) is 29.4. The Bertz CT molecular complexity index is 1410. The second-order valence-electron chi connectivity index (χ2n) is 12.0. The fourth-order valence-electron chi connectivity index (χ4n) is 6.42. The summed E-state index contributed by atoms with van der Waals surface area (Å²) in [5, 5.41) is 11.2. The van der Waals surface area contributed by atoms with Crippen molar-refractivity contribution >= 4 is 33.2 Å². The van der Waals surface area contributed by atoms with Gasteiger partial charge in [0.2, 0.25) is 10.0 Å². The molecule has 0 radical (unpaired) electrons. The number of aliphatic hydroxyl groups excluding tert-OH is 1. The average molecular weight is 601 g/mol. The molecule has 2 aromatic carbocycles. The van der Waals surface area contributed by atoms with Gasteiger partial charge in [-0.2, -0.15) is 0 Å². The number of ether oxygens (including phenoxy) is 1. The van der Waals surface area contributed by atoms with Gasteiger partial charge in [-0.05, 0) is 98.7 Å². The zero-order valence-electron chi connectivity index (χ0n) is 23.9. The van der Waals surface area contributed by atoms with Crippen LogP contribution in [0.1, 0.15) is 80.3 Å². The molecule has 5 rings (SSSR count). The second-order valence-corrected chi connectivity index (χ2v) is 14.4. The number of nitrogens with one attached hydrogen (secondary N) is 1. The summed E-state index contributed by atoms with van der Waals surface area (Å²) in [7, 11) is -3.88. The molecule has 41 heavy (non-hydrogen) atoms. The monoisotopic (exact) mass is 600 g/mol. The number of allylic oxidation sites excluding steroid dienone is 1. The van der Waals surface area contributed by atoms with Crippen molar-refractivity contribution in [1.82, 2.24) is 4.72 Å². The number of halogens is 1. The topological polar surface area (TPSA) is 95.9 Å². The maximum atomic E-state index is 13.3. The van der Waals surface area contributed by atoms with Crippen molar-refractivity contribution in [3.05, 3.63) is 70.3 Å². The molecule has 1 aliphatic carbocycles. The number of aliphatic hydroxyl groups is 1. The van der Waals surface area contributed by atoms with Crippen LogP contribution in [0.5, 0.6) is 5.75 Å². The van der Waals surface area contributed by atoms with E-state index in [9.17, 15) is 18.3 Å². The minimum absolute atomic E-state index is 0.255. The number of aryl methyl sites for hydroxylation is 1. The number of hydrogen-bond acceptors (Lipinski definition) is 6. The summed E-state index contributed by atoms with van der Waals surface area (Å²) in [6, 6.07) is 11.1. The van der Waals surface area contributed by atoms with Crippen LogP contribution in [0.3, 0.4) is 0 Å². The number of sulfonamides is 1. The number of rotatable bonds is 1. The van der Waals surface area contributed by atoms with E-state index in [0.717, 1.165) is 49.9 Å². The number of amides is 1. The molecular weight excluding hydrogens is 560 g/mol. The molecule has 1 saturated carbocycles. The summed E-state index contributed by atoms with van der Waals surface area (Å²) in [5.41, 5.74) is 3.01. The van der Waals surface area contributed by atoms with E-state index in [-0.39, 0.29) is 16.9 Å². The Morgan fingerprint density at radius 3 is 2.73 bits per heavy atom. The summed E-state index contributed by atoms with van der Waals surface area (Å²) in [6.07, 6.45) is 9.08. The molecule has 9 heteroatoms. The lowest BCUT2D eigenvalue weighted by molar-refractivity contribution is -0.0466. The summed E-state index contributed by atoms with van der Waals surface area (Å²) >= 11 is 6.31. The molecule has 222 valence electrons. The van der Waals surface area contributed by atoms with Gasteiger partial charge in [-0.25, -0.2) is 13.1 Å². The van der Waals surface area contributed by atoms with Crippen molar-refractivity contribution in [3.63, 3.8) is 0 Å². The van der Waals surface area contributed by atoms with Crippen LogP contribution in [-0.4, -0.2) is 43.9 Å². The molecule has 4 atom stereocenters. The molecule has 3 aliphatic rings. The number of anilines is 1. The van der Waals surface area contributed by atoms with E-state index in [1.165, 1.54) is 5.56 Å². The highest BCUT2D eigenvalue weighted by molar-refractivity contribution is 7.90. The van der Waals surface area contributed by atoms with E-state index >= 15 is 0 Å². The Morgan fingerprint density at radius 2 is 1.98 bits per heavy atom. The smallest absolute Gasteiger partial charge is 0.264 e. The van der Waals surface area contributed by atoms with Gasteiger partial charge in [0, 0.05) is 29.1 Å². The first-order chi connectivity index (χ1) is 19.6. The standard InChI is InChI=1S/C32H41ClN2O5S/c1-3-27-9-4-5-10-30(36)32(2)16-15-25(32)20-35-17-7-6-8-22-18-26(33)13-11-24(22)21-40-29-14-12-23(19-28(29)35)31(37)34-41(27,38)39/h5,10-14,18-19,25,27,30,36H,3-4,6-9,15-17,20-21H2,1-2H3,(H,34,37)/b10-5+/t25-,27+,30-,32+/m0/s1. The Kier molecular flexibility index (Phi) is 9.02. The maximum Gasteiger partial charge on any atom is 0.264 e. The van der Waals surface area contributed by atoms with Gasteiger partial charge in [0.1, 0.15) is 12.4 Å². The van der Waals surface area contributed by atoms with Gasteiger partial charge in [0.25, 0.3) is 5.91 Å². The maximum absolute atomic E-state index is 13.3. The predicted octanol–water partition coefficient (Wildman–Crippen LogP) is 6.03. The predicted molar refractivity (Wildman–Crippen MR) is 163 cm³/mol. The molecule has 2 heterocycles. The fourth-order valence-corrected chi connectivity index (χ4v) is 8.04. The van der Waals surface area contributed by atoms with Gasteiger partial charge in [-0.1, -0.05) is 43.7 Å². The third kappa shape index (κ3) is 6.45. The molecular formula is C32H41ClN2O5S. The van der Waals surface area contributed by atoms with Crippen LogP contribution in [0.15, 0.2) is 48.6 Å². The number of benzene rings is 2. The summed E-state index contributed by atoms with van der Waals surface area (Å²) in [6.45, 7) is 5.76. The Morgan fingerprint density at radius 1 is 1.15 bits per heavy atom. The summed E-state index contributed by atoms with van der Waals surface area (Å²) in [5.74, 6) is 0.263. The van der Waals surface area contributed by atoms with Gasteiger partial charge in [0.15, 0.2) is 0 Å². The van der Waals surface area contributed by atoms with Crippen LogP contribution in [0.2, 0.25) is 5.02 Å². The van der Waals surface area contributed by atoms with Crippen molar-refractivity contribution in [2.75, 3.05) is 18.0 Å². The highest BCUT2D eigenvalue weighted by Crippen LogP contribution is 2.50. The van der Waals surface area contributed by atoms with Gasteiger partial charge in [-0.15, -0.1) is 0 Å². The highest BCUT2D eigenvalue weighted by atomic mass is 35.5. The first-order valence-corrected chi connectivity index (χ1v) is 16.7. The van der Waals surface area contributed by atoms with Crippen molar-refractivity contribution in [2.24, 2.45) is 11.3 Å². The number of hydrogen-bond donors (Lipinski definition) is 2. The van der Waals surface area contributed by atoms with E-state index in [1.807, 2.05) is 37.3 Å². The van der Waals surface area contributed by atoms with Crippen molar-refractivity contribution in [1.29, 1.82) is 0 Å². The Labute approximate surface area is 249 Å². The van der Waals surface area contributed by atoms with Gasteiger partial charge >= 0.3 is 0 Å². The zero-order chi connectivity index (χ0) is 29.2. The number of carbonyl (C=O) groups excluding carboxylic acids is 1. The fraction of sp³-hybridized carbons (Fsp3) is 0.531. The second kappa shape index (κ2) is 12.4. The van der Waals surface area contributed by atoms with Crippen LogP contribution in [-0.2, 0) is 23.1 Å². The molecule has 2 bridgehead atoms. The van der Waals surface area contributed by atoms with Crippen molar-refractivity contribution < 1.29 is 23.1 Å². The lowest BCUT2D eigenvalue weighted by atomic mass is 9.58. The van der Waals surface area contributed by atoms with E-state index < -0.39 is 27.3 Å². The molecule has 1 amide bonds. The van der Waals surface area contributed by atoms with E-state index in [2.05, 4.69) is 16.5 Å². The molecule has 2 aromatic rings. The minimum atomic E-state index is -3.88. The van der Waals surface area contributed by atoms with E-state index in [0.29, 0.717) is 43.2 Å². The van der Waals surface area contributed by atoms with Crippen LogP contribution < -0.4 is 14.4 Å². The Balaban J connectivity index is 1.56. The molecule has 1 fully saturated rings. The number of nitrogens with zero attached hydrogens (tertiary/aromatic N) is 1. The van der Waals surface area contributed by atoms with Crippen LogP contribution >= 0.6 is 11.6 Å². The van der Waals surface area contributed by atoms with E-state index in [4.69, 9.17) is 16.3 Å². The largest absolute Gasteiger partial charge is 0.487 e. The van der Waals surface area contributed by atoms with Crippen molar-refractivity contribution in [2.45, 2.75) is 83.2 Å². The summed E-state index contributed by atoms with van der Waals surface area (Å²) < 4.78 is 35.0. The van der Waals surface area contributed by atoms with E-state index in [1.54, 1.807) is 18.2 Å². The SMILES string of the molecule is CC[C@@H]1CC/C=C/[C@H](O)[C@]2(C)CC[C@H]2CN2CCCCc3cc(Cl)ccc3COc3ccc(cc32)C(=O)NS1(=O)=O. The third-order valence-corrected chi connectivity index (χ3v) is 11.6. The van der Waals surface area contributed by atoms with Gasteiger partial charge in [-0.3, -0.25) is 4.79 Å². The van der Waals surface area contributed by atoms with Crippen LogP contribution in [0.4, 0.5) is 5.69 Å². The first-order valence-electron chi connectivity index (χ1n) is 14.8. The molecule has 0 saturated heterocycles. The van der Waals surface area contributed by atoms with Gasteiger partial charge < -0.3 is 14.7 Å². The lowest BCUT2D eigenvalue weighted by Crippen LogP contribution is -2.51. The first kappa shape index (κ1) is 29.9. The average Bonchev–Trinajstić information content (AvgIpc) is 2.97. The number of fused-ring (bicyclic) bond motifs is 3. The third-order valence-electron chi connectivity index (χ3n) is 9.42.